The van der Waals surface area contributed by atoms with E-state index in [1.807, 2.05) is 13.0 Å². The monoisotopic (exact) mass is 287 g/mol. The third kappa shape index (κ3) is 3.18. The van der Waals surface area contributed by atoms with Crippen LogP contribution in [-0.4, -0.2) is 13.0 Å². The van der Waals surface area contributed by atoms with Gasteiger partial charge >= 0.3 is 0 Å². The van der Waals surface area contributed by atoms with Gasteiger partial charge in [-0.3, -0.25) is 4.79 Å². The second kappa shape index (κ2) is 7.01. The molecule has 1 aromatic rings. The molecule has 1 atom stereocenters. The van der Waals surface area contributed by atoms with Crippen molar-refractivity contribution >= 4 is 29.1 Å². The zero-order chi connectivity index (χ0) is 13.7. The molecule has 0 saturated carbocycles. The molecule has 0 aliphatic rings. The molecular formula is C14H19Cl2NO. The van der Waals surface area contributed by atoms with Gasteiger partial charge in [0.25, 0.3) is 0 Å². The van der Waals surface area contributed by atoms with E-state index in [1.54, 1.807) is 13.1 Å². The van der Waals surface area contributed by atoms with Gasteiger partial charge in [0.1, 0.15) is 0 Å². The average Bonchev–Trinajstić information content (AvgIpc) is 2.38. The van der Waals surface area contributed by atoms with Crippen LogP contribution in [0.4, 0.5) is 0 Å². The van der Waals surface area contributed by atoms with Crippen LogP contribution in [0.15, 0.2) is 12.1 Å². The lowest BCUT2D eigenvalue weighted by Gasteiger charge is -2.19. The minimum Gasteiger partial charge on any atom is -0.359 e. The van der Waals surface area contributed by atoms with E-state index in [4.69, 9.17) is 23.2 Å². The van der Waals surface area contributed by atoms with E-state index < -0.39 is 0 Å². The maximum absolute atomic E-state index is 12.0. The molecule has 0 aliphatic carbocycles. The van der Waals surface area contributed by atoms with Crippen LogP contribution in [0.1, 0.15) is 43.7 Å². The molecule has 0 aromatic heterocycles. The molecule has 18 heavy (non-hydrogen) atoms. The van der Waals surface area contributed by atoms with Gasteiger partial charge < -0.3 is 5.32 Å². The number of carbonyl (C=O) groups excluding carboxylic acids is 1. The molecule has 1 N–H and O–H groups in total. The fourth-order valence-corrected chi connectivity index (χ4v) is 2.67. The van der Waals surface area contributed by atoms with E-state index >= 15 is 0 Å². The van der Waals surface area contributed by atoms with E-state index in [0.29, 0.717) is 10.0 Å². The summed E-state index contributed by atoms with van der Waals surface area (Å²) >= 11 is 12.3. The molecule has 1 aromatic carbocycles. The number of amides is 1. The van der Waals surface area contributed by atoms with Crippen LogP contribution in [0, 0.1) is 0 Å². The number of hydrogen-bond donors (Lipinski definition) is 1. The predicted octanol–water partition coefficient (Wildman–Crippen LogP) is 4.19. The second-order valence-electron chi connectivity index (χ2n) is 4.24. The molecule has 0 heterocycles. The zero-order valence-electron chi connectivity index (χ0n) is 11.0. The third-order valence-corrected chi connectivity index (χ3v) is 3.94. The topological polar surface area (TPSA) is 29.1 Å². The summed E-state index contributed by atoms with van der Waals surface area (Å²) in [5.74, 6) is -0.116. The van der Waals surface area contributed by atoms with E-state index in [1.165, 1.54) is 0 Å². The first-order valence-electron chi connectivity index (χ1n) is 6.25. The molecule has 1 amide bonds. The lowest BCUT2D eigenvalue weighted by Crippen LogP contribution is -2.26. The van der Waals surface area contributed by atoms with Crippen molar-refractivity contribution in [3.63, 3.8) is 0 Å². The zero-order valence-corrected chi connectivity index (χ0v) is 12.5. The number of likely N-dealkylation sites (N-methyl/N-ethyl adjacent to an activating group) is 1. The van der Waals surface area contributed by atoms with E-state index in [2.05, 4.69) is 12.2 Å². The maximum Gasteiger partial charge on any atom is 0.227 e. The third-order valence-electron chi connectivity index (χ3n) is 3.10. The molecule has 2 nitrogen and oxygen atoms in total. The molecule has 4 heteroatoms. The van der Waals surface area contributed by atoms with Gasteiger partial charge in [0.2, 0.25) is 5.91 Å². The van der Waals surface area contributed by atoms with E-state index in [9.17, 15) is 4.79 Å². The quantitative estimate of drug-likeness (QED) is 0.865. The lowest BCUT2D eigenvalue weighted by atomic mass is 9.89. The van der Waals surface area contributed by atoms with Crippen LogP contribution in [0.2, 0.25) is 10.0 Å². The lowest BCUT2D eigenvalue weighted by molar-refractivity contribution is -0.122. The molecule has 1 unspecified atom stereocenters. The van der Waals surface area contributed by atoms with Crippen LogP contribution in [0.25, 0.3) is 0 Å². The van der Waals surface area contributed by atoms with Gasteiger partial charge in [0.15, 0.2) is 0 Å². The molecule has 0 aliphatic heterocycles. The highest BCUT2D eigenvalue weighted by atomic mass is 35.5. The fourth-order valence-electron chi connectivity index (χ4n) is 2.18. The van der Waals surface area contributed by atoms with Gasteiger partial charge in [0, 0.05) is 7.05 Å². The van der Waals surface area contributed by atoms with Crippen LogP contribution in [-0.2, 0) is 11.2 Å². The van der Waals surface area contributed by atoms with Crippen molar-refractivity contribution in [1.82, 2.24) is 5.32 Å². The summed E-state index contributed by atoms with van der Waals surface area (Å²) in [4.78, 5) is 12.0. The van der Waals surface area contributed by atoms with Gasteiger partial charge in [-0.15, -0.1) is 0 Å². The van der Waals surface area contributed by atoms with Crippen LogP contribution in [0.3, 0.4) is 0 Å². The standard InChI is InChI=1S/C14H19Cl2NO/c1-4-6-11(14(18)17-3)10-7-8-12(15)13(16)9(10)5-2/h7-8,11H,4-6H2,1-3H3,(H,17,18). The minimum absolute atomic E-state index is 0.0324. The Hall–Kier alpha value is -0.730. The Balaban J connectivity index is 3.27. The maximum atomic E-state index is 12.0. The Labute approximate surface area is 119 Å². The van der Waals surface area contributed by atoms with Crippen molar-refractivity contribution in [1.29, 1.82) is 0 Å². The number of benzene rings is 1. The number of hydrogen-bond acceptors (Lipinski definition) is 1. The molecular weight excluding hydrogens is 269 g/mol. The molecule has 100 valence electrons. The summed E-state index contributed by atoms with van der Waals surface area (Å²) in [5, 5.41) is 3.84. The van der Waals surface area contributed by atoms with Gasteiger partial charge in [-0.2, -0.15) is 0 Å². The van der Waals surface area contributed by atoms with E-state index in [0.717, 1.165) is 30.4 Å². The molecule has 0 bridgehead atoms. The Morgan fingerprint density at radius 3 is 2.50 bits per heavy atom. The first kappa shape index (κ1) is 15.3. The Bertz CT molecular complexity index is 432. The average molecular weight is 288 g/mol. The van der Waals surface area contributed by atoms with E-state index in [-0.39, 0.29) is 11.8 Å². The van der Waals surface area contributed by atoms with Gasteiger partial charge in [0.05, 0.1) is 16.0 Å². The van der Waals surface area contributed by atoms with Crippen molar-refractivity contribution in [2.45, 2.75) is 39.0 Å². The SMILES string of the molecule is CCCC(C(=O)NC)c1ccc(Cl)c(Cl)c1CC. The van der Waals surface area contributed by atoms with Gasteiger partial charge in [-0.1, -0.05) is 49.5 Å². The van der Waals surface area contributed by atoms with Crippen molar-refractivity contribution < 1.29 is 4.79 Å². The summed E-state index contributed by atoms with van der Waals surface area (Å²) in [6, 6.07) is 3.69. The normalized spacial score (nSPS) is 12.3. The molecule has 0 fully saturated rings. The first-order valence-corrected chi connectivity index (χ1v) is 7.00. The fraction of sp³-hybridized carbons (Fsp3) is 0.500. The summed E-state index contributed by atoms with van der Waals surface area (Å²) < 4.78 is 0. The number of halogens is 2. The smallest absolute Gasteiger partial charge is 0.227 e. The van der Waals surface area contributed by atoms with Gasteiger partial charge in [-0.05, 0) is 30.0 Å². The summed E-state index contributed by atoms with van der Waals surface area (Å²) in [7, 11) is 1.66. The number of nitrogens with one attached hydrogen (secondary N) is 1. The Kier molecular flexibility index (Phi) is 5.97. The largest absolute Gasteiger partial charge is 0.359 e. The first-order chi connectivity index (χ1) is 8.56. The summed E-state index contributed by atoms with van der Waals surface area (Å²) in [6.07, 6.45) is 2.53. The molecule has 0 spiro atoms. The van der Waals surface area contributed by atoms with Crippen molar-refractivity contribution in [2.75, 3.05) is 7.05 Å². The number of carbonyl (C=O) groups is 1. The van der Waals surface area contributed by atoms with Crippen molar-refractivity contribution in [3.05, 3.63) is 33.3 Å². The highest BCUT2D eigenvalue weighted by Crippen LogP contribution is 2.34. The predicted molar refractivity (Wildman–Crippen MR) is 77.6 cm³/mol. The minimum atomic E-state index is -0.148. The summed E-state index contributed by atoms with van der Waals surface area (Å²) in [6.45, 7) is 4.09. The van der Waals surface area contributed by atoms with Crippen molar-refractivity contribution in [2.24, 2.45) is 0 Å². The van der Waals surface area contributed by atoms with Crippen LogP contribution in [0.5, 0.6) is 0 Å². The second-order valence-corrected chi connectivity index (χ2v) is 5.02. The van der Waals surface area contributed by atoms with Crippen molar-refractivity contribution in [3.8, 4) is 0 Å². The van der Waals surface area contributed by atoms with Gasteiger partial charge in [-0.25, -0.2) is 0 Å². The Morgan fingerprint density at radius 2 is 2.00 bits per heavy atom. The highest BCUT2D eigenvalue weighted by Gasteiger charge is 2.22. The Morgan fingerprint density at radius 1 is 1.33 bits per heavy atom. The summed E-state index contributed by atoms with van der Waals surface area (Å²) in [5.41, 5.74) is 1.97. The molecule has 1 rings (SSSR count). The van der Waals surface area contributed by atoms with Crippen LogP contribution < -0.4 is 5.32 Å². The number of rotatable bonds is 5. The molecule has 0 radical (unpaired) electrons. The van der Waals surface area contributed by atoms with Crippen LogP contribution >= 0.6 is 23.2 Å². The highest BCUT2D eigenvalue weighted by molar-refractivity contribution is 6.42. The molecule has 0 saturated heterocycles.